The first-order chi connectivity index (χ1) is 10.1. The van der Waals surface area contributed by atoms with Crippen LogP contribution in [-0.2, 0) is 17.6 Å². The van der Waals surface area contributed by atoms with Crippen molar-refractivity contribution in [3.05, 3.63) is 34.9 Å². The molecule has 0 aromatic heterocycles. The largest absolute Gasteiger partial charge is 0.479 e. The minimum absolute atomic E-state index is 0.270. The fourth-order valence-corrected chi connectivity index (χ4v) is 4.38. The second-order valence-corrected chi connectivity index (χ2v) is 6.94. The third-order valence-electron chi connectivity index (χ3n) is 4.39. The normalized spacial score (nSPS) is 24.4. The number of rotatable bonds is 3. The Bertz CT molecular complexity index is 579. The highest BCUT2D eigenvalue weighted by atomic mass is 32.2. The third kappa shape index (κ3) is 2.79. The SMILES string of the molecule is O=C(NC1(C(=O)O)CCSC1)c1ccc2c(c1)CCCC2. The lowest BCUT2D eigenvalue weighted by atomic mass is 9.90. The number of carbonyl (C=O) groups is 2. The number of carboxylic acid groups (broad SMARTS) is 1. The molecule has 1 heterocycles. The van der Waals surface area contributed by atoms with Crippen molar-refractivity contribution >= 4 is 23.6 Å². The molecule has 5 heteroatoms. The van der Waals surface area contributed by atoms with E-state index in [0.29, 0.717) is 17.7 Å². The van der Waals surface area contributed by atoms with Gasteiger partial charge in [-0.15, -0.1) is 0 Å². The molecule has 1 atom stereocenters. The van der Waals surface area contributed by atoms with Crippen LogP contribution in [0, 0.1) is 0 Å². The average molecular weight is 305 g/mol. The Hall–Kier alpha value is -1.49. The van der Waals surface area contributed by atoms with Crippen LogP contribution in [0.15, 0.2) is 18.2 Å². The van der Waals surface area contributed by atoms with E-state index >= 15 is 0 Å². The van der Waals surface area contributed by atoms with Gasteiger partial charge in [0, 0.05) is 11.3 Å². The van der Waals surface area contributed by atoms with E-state index in [4.69, 9.17) is 0 Å². The molecule has 0 saturated carbocycles. The van der Waals surface area contributed by atoms with E-state index in [9.17, 15) is 14.7 Å². The van der Waals surface area contributed by atoms with Crippen molar-refractivity contribution in [2.45, 2.75) is 37.6 Å². The Balaban J connectivity index is 1.80. The fraction of sp³-hybridized carbons (Fsp3) is 0.500. The summed E-state index contributed by atoms with van der Waals surface area (Å²) in [6, 6.07) is 5.76. The minimum atomic E-state index is -1.10. The molecule has 21 heavy (non-hydrogen) atoms. The molecule has 0 radical (unpaired) electrons. The lowest BCUT2D eigenvalue weighted by molar-refractivity contribution is -0.143. The van der Waals surface area contributed by atoms with Crippen molar-refractivity contribution in [2.75, 3.05) is 11.5 Å². The van der Waals surface area contributed by atoms with Crippen molar-refractivity contribution in [1.29, 1.82) is 0 Å². The van der Waals surface area contributed by atoms with Crippen molar-refractivity contribution < 1.29 is 14.7 Å². The van der Waals surface area contributed by atoms with Crippen molar-refractivity contribution in [3.8, 4) is 0 Å². The number of hydrogen-bond acceptors (Lipinski definition) is 3. The highest BCUT2D eigenvalue weighted by Crippen LogP contribution is 2.29. The van der Waals surface area contributed by atoms with Gasteiger partial charge in [0.25, 0.3) is 5.91 Å². The molecule has 1 amide bonds. The smallest absolute Gasteiger partial charge is 0.330 e. The van der Waals surface area contributed by atoms with Crippen LogP contribution in [-0.4, -0.2) is 34.0 Å². The first-order valence-corrected chi connectivity index (χ1v) is 8.52. The molecule has 4 nitrogen and oxygen atoms in total. The number of aryl methyl sites for hydroxylation is 2. The zero-order valence-electron chi connectivity index (χ0n) is 11.9. The van der Waals surface area contributed by atoms with Crippen LogP contribution in [0.2, 0.25) is 0 Å². The predicted octanol–water partition coefficient (Wildman–Crippen LogP) is 2.26. The van der Waals surface area contributed by atoms with Crippen LogP contribution >= 0.6 is 11.8 Å². The molecular formula is C16H19NO3S. The Morgan fingerprint density at radius 1 is 1.19 bits per heavy atom. The van der Waals surface area contributed by atoms with E-state index in [1.54, 1.807) is 11.8 Å². The quantitative estimate of drug-likeness (QED) is 0.899. The van der Waals surface area contributed by atoms with Crippen LogP contribution in [0.1, 0.15) is 40.7 Å². The summed E-state index contributed by atoms with van der Waals surface area (Å²) in [5.74, 6) is 0.0163. The van der Waals surface area contributed by atoms with Gasteiger partial charge in [0.1, 0.15) is 5.54 Å². The van der Waals surface area contributed by atoms with Gasteiger partial charge in [0.15, 0.2) is 0 Å². The van der Waals surface area contributed by atoms with Crippen LogP contribution in [0.25, 0.3) is 0 Å². The fourth-order valence-electron chi connectivity index (χ4n) is 3.05. The molecule has 1 fully saturated rings. The van der Waals surface area contributed by atoms with Gasteiger partial charge in [-0.05, 0) is 61.1 Å². The zero-order valence-corrected chi connectivity index (χ0v) is 12.7. The predicted molar refractivity (Wildman–Crippen MR) is 82.9 cm³/mol. The van der Waals surface area contributed by atoms with Crippen molar-refractivity contribution in [2.24, 2.45) is 0 Å². The van der Waals surface area contributed by atoms with Gasteiger partial charge in [-0.3, -0.25) is 4.79 Å². The van der Waals surface area contributed by atoms with Gasteiger partial charge < -0.3 is 10.4 Å². The van der Waals surface area contributed by atoms with Gasteiger partial charge in [-0.1, -0.05) is 6.07 Å². The van der Waals surface area contributed by atoms with Gasteiger partial charge in [0.05, 0.1) is 0 Å². The van der Waals surface area contributed by atoms with E-state index in [0.717, 1.165) is 25.0 Å². The van der Waals surface area contributed by atoms with E-state index in [1.165, 1.54) is 17.5 Å². The Morgan fingerprint density at radius 3 is 2.62 bits per heavy atom. The number of aliphatic carboxylic acids is 1. The molecule has 1 saturated heterocycles. The maximum Gasteiger partial charge on any atom is 0.330 e. The van der Waals surface area contributed by atoms with Gasteiger partial charge in [-0.25, -0.2) is 4.79 Å². The summed E-state index contributed by atoms with van der Waals surface area (Å²) >= 11 is 1.57. The highest BCUT2D eigenvalue weighted by Gasteiger charge is 2.43. The zero-order chi connectivity index (χ0) is 14.9. The summed E-state index contributed by atoms with van der Waals surface area (Å²) < 4.78 is 0. The van der Waals surface area contributed by atoms with Crippen LogP contribution in [0.3, 0.4) is 0 Å². The second-order valence-electron chi connectivity index (χ2n) is 5.83. The number of hydrogen-bond donors (Lipinski definition) is 2. The molecule has 112 valence electrons. The minimum Gasteiger partial charge on any atom is -0.479 e. The maximum absolute atomic E-state index is 12.4. The number of amides is 1. The van der Waals surface area contributed by atoms with Gasteiger partial charge in [0.2, 0.25) is 0 Å². The van der Waals surface area contributed by atoms with E-state index in [1.807, 2.05) is 18.2 Å². The average Bonchev–Trinajstić information content (AvgIpc) is 2.96. The molecule has 1 aromatic carbocycles. The topological polar surface area (TPSA) is 66.4 Å². The number of carbonyl (C=O) groups excluding carboxylic acids is 1. The molecule has 0 spiro atoms. The lowest BCUT2D eigenvalue weighted by Gasteiger charge is -2.25. The summed E-state index contributed by atoms with van der Waals surface area (Å²) in [4.78, 5) is 23.9. The molecule has 3 rings (SSSR count). The molecular weight excluding hydrogens is 286 g/mol. The van der Waals surface area contributed by atoms with Crippen LogP contribution < -0.4 is 5.32 Å². The Morgan fingerprint density at radius 2 is 1.95 bits per heavy atom. The molecule has 0 bridgehead atoms. The number of benzene rings is 1. The monoisotopic (exact) mass is 305 g/mol. The van der Waals surface area contributed by atoms with E-state index in [2.05, 4.69) is 5.32 Å². The van der Waals surface area contributed by atoms with Gasteiger partial charge >= 0.3 is 5.97 Å². The van der Waals surface area contributed by atoms with Crippen molar-refractivity contribution in [3.63, 3.8) is 0 Å². The van der Waals surface area contributed by atoms with E-state index in [-0.39, 0.29) is 5.91 Å². The van der Waals surface area contributed by atoms with E-state index < -0.39 is 11.5 Å². The third-order valence-corrected chi connectivity index (χ3v) is 5.58. The summed E-state index contributed by atoms with van der Waals surface area (Å²) in [5, 5.41) is 12.2. The Kier molecular flexibility index (Phi) is 3.93. The molecule has 2 N–H and O–H groups in total. The summed E-state index contributed by atoms with van der Waals surface area (Å²) in [7, 11) is 0. The molecule has 1 aromatic rings. The van der Waals surface area contributed by atoms with Gasteiger partial charge in [-0.2, -0.15) is 11.8 Å². The molecule has 2 aliphatic rings. The lowest BCUT2D eigenvalue weighted by Crippen LogP contribution is -2.54. The number of thioether (sulfide) groups is 1. The summed E-state index contributed by atoms with van der Waals surface area (Å²) in [6.45, 7) is 0. The van der Waals surface area contributed by atoms with Crippen LogP contribution in [0.4, 0.5) is 0 Å². The number of nitrogens with one attached hydrogen (secondary N) is 1. The van der Waals surface area contributed by atoms with Crippen LogP contribution in [0.5, 0.6) is 0 Å². The summed E-state index contributed by atoms with van der Waals surface area (Å²) in [5.41, 5.74) is 2.03. The highest BCUT2D eigenvalue weighted by molar-refractivity contribution is 7.99. The first-order valence-electron chi connectivity index (χ1n) is 7.36. The number of fused-ring (bicyclic) bond motifs is 1. The first kappa shape index (κ1) is 14.4. The maximum atomic E-state index is 12.4. The summed E-state index contributed by atoms with van der Waals surface area (Å²) in [6.07, 6.45) is 4.94. The molecule has 1 unspecified atom stereocenters. The molecule has 1 aliphatic carbocycles. The molecule has 1 aliphatic heterocycles. The number of carboxylic acids is 1. The Labute approximate surface area is 128 Å². The second kappa shape index (κ2) is 5.72. The van der Waals surface area contributed by atoms with Crippen molar-refractivity contribution in [1.82, 2.24) is 5.32 Å². The standard InChI is InChI=1S/C16H19NO3S/c18-14(17-16(15(19)20)7-8-21-10-16)13-6-5-11-3-1-2-4-12(11)9-13/h5-6,9H,1-4,7-8,10H2,(H,17,18)(H,19,20).